The van der Waals surface area contributed by atoms with E-state index in [2.05, 4.69) is 0 Å². The summed E-state index contributed by atoms with van der Waals surface area (Å²) in [6.45, 7) is 1.79. The molecular weight excluding hydrogens is 282 g/mol. The van der Waals surface area contributed by atoms with E-state index in [1.807, 2.05) is 0 Å². The minimum absolute atomic E-state index is 0.0889. The monoisotopic (exact) mass is 297 g/mol. The van der Waals surface area contributed by atoms with Gasteiger partial charge in [-0.1, -0.05) is 49.4 Å². The number of nitro benzene ring substituents is 1. The van der Waals surface area contributed by atoms with Gasteiger partial charge in [0.05, 0.1) is 16.1 Å². The van der Waals surface area contributed by atoms with Crippen molar-refractivity contribution in [1.29, 1.82) is 0 Å². The number of hydrogen-bond donors (Lipinski definition) is 1. The number of carboxylic acid groups (broad SMARTS) is 1. The van der Waals surface area contributed by atoms with Gasteiger partial charge in [0.15, 0.2) is 0 Å². The van der Waals surface area contributed by atoms with Crippen LogP contribution in [0.4, 0.5) is 5.69 Å². The molecule has 112 valence electrons. The first-order chi connectivity index (χ1) is 10.6. The normalized spacial score (nSPS) is 11.7. The molecule has 0 radical (unpaired) electrons. The molecule has 0 saturated heterocycles. The van der Waals surface area contributed by atoms with Gasteiger partial charge in [0.2, 0.25) is 0 Å². The second kappa shape index (κ2) is 6.67. The fourth-order valence-corrected chi connectivity index (χ4v) is 2.42. The number of allylic oxidation sites excluding steroid dienone is 1. The number of carbonyl (C=O) groups is 1. The Kier molecular flexibility index (Phi) is 4.68. The minimum atomic E-state index is -1.10. The molecule has 0 spiro atoms. The van der Waals surface area contributed by atoms with Gasteiger partial charge in [-0.25, -0.2) is 4.79 Å². The third kappa shape index (κ3) is 3.03. The predicted molar refractivity (Wildman–Crippen MR) is 84.3 cm³/mol. The van der Waals surface area contributed by atoms with Crippen LogP contribution in [-0.4, -0.2) is 16.0 Å². The predicted octanol–water partition coefficient (Wildman–Crippen LogP) is 4.00. The molecule has 2 aromatic carbocycles. The highest BCUT2D eigenvalue weighted by Crippen LogP contribution is 2.34. The van der Waals surface area contributed by atoms with Crippen LogP contribution < -0.4 is 0 Å². The van der Waals surface area contributed by atoms with E-state index in [-0.39, 0.29) is 11.3 Å². The van der Waals surface area contributed by atoms with Gasteiger partial charge in [0, 0.05) is 6.07 Å². The van der Waals surface area contributed by atoms with E-state index in [0.717, 1.165) is 0 Å². The molecule has 0 aromatic heterocycles. The number of aliphatic carboxylic acids is 1. The third-order valence-electron chi connectivity index (χ3n) is 3.36. The Morgan fingerprint density at radius 2 is 1.68 bits per heavy atom. The summed E-state index contributed by atoms with van der Waals surface area (Å²) in [4.78, 5) is 22.4. The number of hydrogen-bond acceptors (Lipinski definition) is 3. The summed E-state index contributed by atoms with van der Waals surface area (Å²) in [6.07, 6.45) is 0.376. The molecule has 5 heteroatoms. The minimum Gasteiger partial charge on any atom is -0.478 e. The summed E-state index contributed by atoms with van der Waals surface area (Å²) in [5.41, 5.74) is 1.33. The molecule has 0 atom stereocenters. The van der Waals surface area contributed by atoms with Gasteiger partial charge in [-0.2, -0.15) is 0 Å². The maximum Gasteiger partial charge on any atom is 0.336 e. The van der Waals surface area contributed by atoms with Crippen LogP contribution in [0, 0.1) is 10.1 Å². The summed E-state index contributed by atoms with van der Waals surface area (Å²) in [5.74, 6) is -1.10. The molecule has 0 amide bonds. The topological polar surface area (TPSA) is 80.4 Å². The summed E-state index contributed by atoms with van der Waals surface area (Å²) in [5, 5.41) is 20.8. The first-order valence-corrected chi connectivity index (χ1v) is 6.82. The van der Waals surface area contributed by atoms with Crippen molar-refractivity contribution in [3.05, 3.63) is 75.8 Å². The van der Waals surface area contributed by atoms with Crippen LogP contribution >= 0.6 is 0 Å². The average molecular weight is 297 g/mol. The van der Waals surface area contributed by atoms with Gasteiger partial charge < -0.3 is 5.11 Å². The molecule has 0 aliphatic rings. The fourth-order valence-electron chi connectivity index (χ4n) is 2.42. The zero-order valence-electron chi connectivity index (χ0n) is 12.0. The van der Waals surface area contributed by atoms with Crippen molar-refractivity contribution in [2.45, 2.75) is 13.3 Å². The Morgan fingerprint density at radius 1 is 1.09 bits per heavy atom. The van der Waals surface area contributed by atoms with Crippen molar-refractivity contribution in [1.82, 2.24) is 0 Å². The zero-order valence-corrected chi connectivity index (χ0v) is 12.0. The highest BCUT2D eigenvalue weighted by Gasteiger charge is 2.22. The Morgan fingerprint density at radius 3 is 2.23 bits per heavy atom. The van der Waals surface area contributed by atoms with Crippen molar-refractivity contribution in [3.63, 3.8) is 0 Å². The van der Waals surface area contributed by atoms with Crippen LogP contribution in [-0.2, 0) is 4.79 Å². The molecule has 0 bridgehead atoms. The van der Waals surface area contributed by atoms with Gasteiger partial charge in [-0.3, -0.25) is 10.1 Å². The van der Waals surface area contributed by atoms with Crippen LogP contribution in [0.15, 0.2) is 54.6 Å². The highest BCUT2D eigenvalue weighted by molar-refractivity contribution is 6.24. The number of nitrogens with zero attached hydrogens (tertiary/aromatic N) is 1. The third-order valence-corrected chi connectivity index (χ3v) is 3.36. The fraction of sp³-hybridized carbons (Fsp3) is 0.118. The lowest BCUT2D eigenvalue weighted by atomic mass is 9.92. The molecule has 5 nitrogen and oxygen atoms in total. The Labute approximate surface area is 127 Å². The van der Waals surface area contributed by atoms with E-state index in [4.69, 9.17) is 0 Å². The molecule has 0 aliphatic carbocycles. The van der Waals surface area contributed by atoms with E-state index in [1.165, 1.54) is 6.07 Å². The Balaban J connectivity index is 2.76. The Hall–Kier alpha value is -2.95. The maximum atomic E-state index is 11.7. The molecule has 0 fully saturated rings. The number of carboxylic acids is 1. The SMILES string of the molecule is CCC(=C(C(=O)O)c1ccccc1)c1ccccc1[N+](=O)[O-]. The second-order valence-corrected chi connectivity index (χ2v) is 4.65. The lowest BCUT2D eigenvalue weighted by Crippen LogP contribution is -2.05. The van der Waals surface area contributed by atoms with E-state index in [9.17, 15) is 20.0 Å². The Bertz CT molecular complexity index is 735. The lowest BCUT2D eigenvalue weighted by Gasteiger charge is -2.12. The molecule has 0 saturated carbocycles. The van der Waals surface area contributed by atoms with Crippen LogP contribution in [0.1, 0.15) is 24.5 Å². The maximum absolute atomic E-state index is 11.7. The first-order valence-electron chi connectivity index (χ1n) is 6.82. The van der Waals surface area contributed by atoms with Crippen molar-refractivity contribution in [3.8, 4) is 0 Å². The van der Waals surface area contributed by atoms with Gasteiger partial charge in [0.1, 0.15) is 0 Å². The summed E-state index contributed by atoms with van der Waals surface area (Å²) >= 11 is 0. The van der Waals surface area contributed by atoms with Gasteiger partial charge in [-0.05, 0) is 23.6 Å². The van der Waals surface area contributed by atoms with E-state index in [1.54, 1.807) is 55.5 Å². The lowest BCUT2D eigenvalue weighted by molar-refractivity contribution is -0.385. The van der Waals surface area contributed by atoms with Gasteiger partial charge in [-0.15, -0.1) is 0 Å². The molecule has 2 rings (SSSR count). The molecular formula is C17H15NO4. The molecule has 22 heavy (non-hydrogen) atoms. The van der Waals surface area contributed by atoms with Gasteiger partial charge in [0.25, 0.3) is 5.69 Å². The van der Waals surface area contributed by atoms with Crippen LogP contribution in [0.2, 0.25) is 0 Å². The first kappa shape index (κ1) is 15.4. The van der Waals surface area contributed by atoms with E-state index >= 15 is 0 Å². The van der Waals surface area contributed by atoms with E-state index < -0.39 is 10.9 Å². The molecule has 0 aliphatic heterocycles. The van der Waals surface area contributed by atoms with Crippen molar-refractivity contribution < 1.29 is 14.8 Å². The number of nitro groups is 1. The molecule has 2 aromatic rings. The summed E-state index contributed by atoms with van der Waals surface area (Å²) < 4.78 is 0. The van der Waals surface area contributed by atoms with Crippen LogP contribution in [0.5, 0.6) is 0 Å². The zero-order chi connectivity index (χ0) is 16.1. The van der Waals surface area contributed by atoms with Crippen molar-refractivity contribution in [2.75, 3.05) is 0 Å². The van der Waals surface area contributed by atoms with Crippen molar-refractivity contribution in [2.24, 2.45) is 0 Å². The average Bonchev–Trinajstić information content (AvgIpc) is 2.52. The van der Waals surface area contributed by atoms with Gasteiger partial charge >= 0.3 is 5.97 Å². The molecule has 1 N–H and O–H groups in total. The van der Waals surface area contributed by atoms with Crippen LogP contribution in [0.25, 0.3) is 11.1 Å². The highest BCUT2D eigenvalue weighted by atomic mass is 16.6. The number of para-hydroxylation sites is 1. The smallest absolute Gasteiger partial charge is 0.336 e. The largest absolute Gasteiger partial charge is 0.478 e. The standard InChI is InChI=1S/C17H15NO4/c1-2-13(14-10-6-7-11-15(14)18(21)22)16(17(19)20)12-8-4-3-5-9-12/h3-11H,2H2,1H3,(H,19,20). The van der Waals surface area contributed by atoms with Crippen LogP contribution in [0.3, 0.4) is 0 Å². The molecule has 0 heterocycles. The summed E-state index contributed by atoms with van der Waals surface area (Å²) in [6, 6.07) is 14.9. The molecule has 0 unspecified atom stereocenters. The number of rotatable bonds is 5. The quantitative estimate of drug-likeness (QED) is 0.391. The summed E-state index contributed by atoms with van der Waals surface area (Å²) in [7, 11) is 0. The van der Waals surface area contributed by atoms with Crippen molar-refractivity contribution >= 4 is 22.8 Å². The number of benzene rings is 2. The van der Waals surface area contributed by atoms with E-state index in [0.29, 0.717) is 23.1 Å². The second-order valence-electron chi connectivity index (χ2n) is 4.65.